The van der Waals surface area contributed by atoms with Crippen LogP contribution in [-0.2, 0) is 42.7 Å². The Labute approximate surface area is 400 Å². The van der Waals surface area contributed by atoms with Gasteiger partial charge >= 0.3 is 0 Å². The fourth-order valence-corrected chi connectivity index (χ4v) is 8.31. The first-order valence-corrected chi connectivity index (χ1v) is 22.0. The Morgan fingerprint density at radius 3 is 1.83 bits per heavy atom. The van der Waals surface area contributed by atoms with E-state index in [9.17, 15) is 5.11 Å². The molecule has 0 unspecified atom stereocenters. The summed E-state index contributed by atoms with van der Waals surface area (Å²) in [5, 5.41) is 12.5. The molecule has 0 fully saturated rings. The van der Waals surface area contributed by atoms with Crippen LogP contribution >= 0.6 is 0 Å². The zero-order chi connectivity index (χ0) is 47.7. The molecular weight excluding hydrogens is 962 g/mol. The minimum atomic E-state index is -2.39. The Balaban J connectivity index is 0.00000666. The average Bonchev–Trinajstić information content (AvgIpc) is 3.64. The van der Waals surface area contributed by atoms with Gasteiger partial charge in [0.25, 0.3) is 0 Å². The van der Waals surface area contributed by atoms with E-state index in [0.29, 0.717) is 22.6 Å². The van der Waals surface area contributed by atoms with E-state index in [1.165, 1.54) is 5.56 Å². The molecule has 2 aromatic heterocycles. The van der Waals surface area contributed by atoms with Crippen LogP contribution in [0.15, 0.2) is 134 Å². The van der Waals surface area contributed by atoms with Crippen molar-refractivity contribution in [1.82, 2.24) is 14.5 Å². The van der Waals surface area contributed by atoms with E-state index in [0.717, 1.165) is 66.8 Å². The van der Waals surface area contributed by atoms with E-state index in [1.807, 2.05) is 65.4 Å². The van der Waals surface area contributed by atoms with Gasteiger partial charge in [-0.1, -0.05) is 179 Å². The third kappa shape index (κ3) is 9.31. The molecule has 0 saturated heterocycles. The van der Waals surface area contributed by atoms with Crippen molar-refractivity contribution in [3.63, 3.8) is 0 Å². The van der Waals surface area contributed by atoms with E-state index in [1.54, 1.807) is 12.1 Å². The van der Waals surface area contributed by atoms with E-state index in [2.05, 4.69) is 150 Å². The first-order chi connectivity index (χ1) is 30.8. The second-order valence-electron chi connectivity index (χ2n) is 21.2. The van der Waals surface area contributed by atoms with Crippen molar-refractivity contribution in [2.24, 2.45) is 0 Å². The van der Waals surface area contributed by atoms with Crippen LogP contribution in [0.3, 0.4) is 0 Å². The standard InChI is InChI=1S/C59H62N3O.Pt/c1-37-28-41(38-18-15-14-16-19-38)33-47(29-37)62-52-21-17-20-48(53(52)61-55(62)49-35-46(58(8,9)10)36-50(54(49)63)59(11,12)13)42-30-43(32-45(31-42)57(5,6)7)51-34-40(26-27-60-51)39-22-24-44(25-23-39)56(2,3)4;/h14-29,31-36,63H,1-13H3;/q-1;/i1D3;. The van der Waals surface area contributed by atoms with E-state index < -0.39 is 12.3 Å². The summed E-state index contributed by atoms with van der Waals surface area (Å²) in [6.07, 6.45) is 1.87. The number of rotatable bonds is 6. The molecule has 0 bridgehead atoms. The molecule has 64 heavy (non-hydrogen) atoms. The van der Waals surface area contributed by atoms with E-state index in [4.69, 9.17) is 14.1 Å². The third-order valence-electron chi connectivity index (χ3n) is 12.1. The van der Waals surface area contributed by atoms with Crippen LogP contribution in [0.25, 0.3) is 72.7 Å². The average molecular weight is 1030 g/mol. The SMILES string of the molecule is [2H]C([2H])([2H])c1cc(-c2ccccc2)cc(-n2c(-c3cc(C(C)(C)C)cc(C(C)(C)C)c3O)nc3c(-c4[c-]c(-c5cc(-c6ccc(C(C)(C)C)cc6)ccn5)cc(C(C)(C)C)c4)cccc32)c1.[Pt]. The van der Waals surface area contributed by atoms with E-state index >= 15 is 0 Å². The van der Waals surface area contributed by atoms with Gasteiger partial charge in [0.2, 0.25) is 0 Å². The van der Waals surface area contributed by atoms with Gasteiger partial charge in [0.1, 0.15) is 11.6 Å². The number of nitrogens with zero attached hydrogens (tertiary/aromatic N) is 3. The Bertz CT molecular complexity index is 3100. The van der Waals surface area contributed by atoms with Gasteiger partial charge in [-0.3, -0.25) is 9.55 Å². The molecule has 330 valence electrons. The first kappa shape index (κ1) is 42.4. The summed E-state index contributed by atoms with van der Waals surface area (Å²) >= 11 is 0. The molecule has 0 aliphatic rings. The second-order valence-corrected chi connectivity index (χ2v) is 21.2. The summed E-state index contributed by atoms with van der Waals surface area (Å²) in [5.41, 5.74) is 13.5. The van der Waals surface area contributed by atoms with Gasteiger partial charge in [-0.25, -0.2) is 4.98 Å². The number of aromatic nitrogens is 3. The Hall–Kier alpha value is -5.57. The van der Waals surface area contributed by atoms with E-state index in [-0.39, 0.29) is 48.6 Å². The maximum Gasteiger partial charge on any atom is 0.148 e. The van der Waals surface area contributed by atoms with Crippen LogP contribution in [0.2, 0.25) is 0 Å². The molecule has 0 atom stereocenters. The number of pyridine rings is 1. The molecule has 5 heteroatoms. The molecule has 0 saturated carbocycles. The molecule has 1 N–H and O–H groups in total. The number of para-hydroxylation sites is 1. The van der Waals surface area contributed by atoms with Gasteiger partial charge in [-0.15, -0.1) is 29.3 Å². The number of phenolic OH excluding ortho intramolecular Hbond substituents is 1. The normalized spacial score (nSPS) is 13.3. The molecular formula is C59H62N3OPt-. The number of aromatic hydroxyl groups is 1. The van der Waals surface area contributed by atoms with Crippen molar-refractivity contribution >= 4 is 11.0 Å². The van der Waals surface area contributed by atoms with Crippen molar-refractivity contribution in [2.45, 2.75) is 112 Å². The molecule has 0 radical (unpaired) electrons. The number of imidazole rings is 1. The van der Waals surface area contributed by atoms with Gasteiger partial charge in [0.05, 0.1) is 16.6 Å². The van der Waals surface area contributed by atoms with Crippen molar-refractivity contribution in [3.8, 4) is 67.5 Å². The molecule has 6 aromatic carbocycles. The molecule has 0 spiro atoms. The largest absolute Gasteiger partial charge is 0.507 e. The second kappa shape index (κ2) is 17.1. The van der Waals surface area contributed by atoms with Crippen LogP contribution < -0.4 is 0 Å². The number of phenols is 1. The number of fused-ring (bicyclic) bond motifs is 1. The minimum Gasteiger partial charge on any atom is -0.507 e. The zero-order valence-corrected chi connectivity index (χ0v) is 41.6. The van der Waals surface area contributed by atoms with Gasteiger partial charge in [-0.2, -0.15) is 0 Å². The van der Waals surface area contributed by atoms with Crippen LogP contribution in [0.4, 0.5) is 0 Å². The molecule has 2 heterocycles. The number of hydrogen-bond donors (Lipinski definition) is 1. The molecule has 8 rings (SSSR count). The first-order valence-electron chi connectivity index (χ1n) is 23.5. The topological polar surface area (TPSA) is 50.9 Å². The van der Waals surface area contributed by atoms with Crippen LogP contribution in [0.5, 0.6) is 5.75 Å². The predicted molar refractivity (Wildman–Crippen MR) is 266 cm³/mol. The van der Waals surface area contributed by atoms with Crippen LogP contribution in [0.1, 0.15) is 115 Å². The van der Waals surface area contributed by atoms with Crippen molar-refractivity contribution in [1.29, 1.82) is 0 Å². The van der Waals surface area contributed by atoms with Gasteiger partial charge < -0.3 is 5.11 Å². The Morgan fingerprint density at radius 2 is 1.19 bits per heavy atom. The summed E-state index contributed by atoms with van der Waals surface area (Å²) in [4.78, 5) is 10.4. The molecule has 4 nitrogen and oxygen atoms in total. The van der Waals surface area contributed by atoms with Crippen molar-refractivity contribution < 1.29 is 30.3 Å². The summed E-state index contributed by atoms with van der Waals surface area (Å²) in [7, 11) is 0. The Morgan fingerprint density at radius 1 is 0.547 bits per heavy atom. The summed E-state index contributed by atoms with van der Waals surface area (Å²) in [6.45, 7) is 23.8. The quantitative estimate of drug-likeness (QED) is 0.169. The molecule has 0 aliphatic carbocycles. The number of benzene rings is 6. The van der Waals surface area contributed by atoms with Crippen LogP contribution in [-0.4, -0.2) is 19.6 Å². The fourth-order valence-electron chi connectivity index (χ4n) is 8.31. The van der Waals surface area contributed by atoms with Crippen LogP contribution in [0, 0.1) is 12.9 Å². The third-order valence-corrected chi connectivity index (χ3v) is 12.1. The number of hydrogen-bond acceptors (Lipinski definition) is 3. The van der Waals surface area contributed by atoms with Gasteiger partial charge in [-0.05, 0) is 97.8 Å². The number of aryl methyl sites for hydroxylation is 1. The van der Waals surface area contributed by atoms with Crippen molar-refractivity contribution in [2.75, 3.05) is 0 Å². The predicted octanol–water partition coefficient (Wildman–Crippen LogP) is 15.8. The summed E-state index contributed by atoms with van der Waals surface area (Å²) in [6, 6.07) is 46.8. The van der Waals surface area contributed by atoms with Gasteiger partial charge in [0, 0.05) is 48.3 Å². The zero-order valence-electron chi connectivity index (χ0n) is 42.3. The van der Waals surface area contributed by atoms with Gasteiger partial charge in [0.15, 0.2) is 0 Å². The molecule has 8 aromatic rings. The maximum atomic E-state index is 12.5. The molecule has 0 amide bonds. The minimum absolute atomic E-state index is 0. The smallest absolute Gasteiger partial charge is 0.148 e. The Kier molecular flexibility index (Phi) is 11.3. The fraction of sp³-hybridized carbons (Fsp3) is 0.288. The summed E-state index contributed by atoms with van der Waals surface area (Å²) in [5.74, 6) is 0.652. The molecule has 0 aliphatic heterocycles. The van der Waals surface area contributed by atoms with Crippen molar-refractivity contribution in [3.05, 3.63) is 167 Å². The summed E-state index contributed by atoms with van der Waals surface area (Å²) < 4.78 is 27.9. The maximum absolute atomic E-state index is 12.5. The monoisotopic (exact) mass is 1030 g/mol.